The van der Waals surface area contributed by atoms with E-state index in [2.05, 4.69) is 20.4 Å². The highest BCUT2D eigenvalue weighted by molar-refractivity contribution is 6.33. The number of halogens is 4. The Balaban J connectivity index is 1.25. The number of aryl methyl sites for hydroxylation is 1. The number of benzene rings is 2. The first-order valence-electron chi connectivity index (χ1n) is 17.2. The highest BCUT2D eigenvalue weighted by atomic mass is 35.5. The van der Waals surface area contributed by atoms with Crippen LogP contribution < -0.4 is 15.8 Å². The highest BCUT2D eigenvalue weighted by Crippen LogP contribution is 2.34. The molecule has 3 aromatic heterocycles. The number of carbonyl (C=O) groups excluding carboxylic acids is 2. The number of methoxy groups -OCH3 is 1. The first-order valence-corrected chi connectivity index (χ1v) is 17.5. The molecule has 7 rings (SSSR count). The quantitative estimate of drug-likeness (QED) is 0.233. The normalized spacial score (nSPS) is 15.9. The number of nitrogens with zero attached hydrogens (tertiary/aromatic N) is 8. The van der Waals surface area contributed by atoms with Crippen LogP contribution >= 0.6 is 11.6 Å². The van der Waals surface area contributed by atoms with E-state index in [1.165, 1.54) is 11.2 Å². The third-order valence-corrected chi connectivity index (χ3v) is 10.1. The largest absolute Gasteiger partial charge is 0.504 e. The van der Waals surface area contributed by atoms with Crippen molar-refractivity contribution in [1.82, 2.24) is 34.0 Å². The van der Waals surface area contributed by atoms with Crippen molar-refractivity contribution in [2.75, 3.05) is 43.5 Å². The Labute approximate surface area is 311 Å². The average molecular weight is 766 g/mol. The van der Waals surface area contributed by atoms with Crippen LogP contribution in [0, 0.1) is 6.92 Å². The van der Waals surface area contributed by atoms with E-state index in [1.54, 1.807) is 18.6 Å². The van der Waals surface area contributed by atoms with Gasteiger partial charge in [-0.15, -0.1) is 5.10 Å². The van der Waals surface area contributed by atoms with Gasteiger partial charge in [-0.2, -0.15) is 22.7 Å². The molecule has 0 bridgehead atoms. The van der Waals surface area contributed by atoms with Gasteiger partial charge in [-0.25, -0.2) is 9.97 Å². The number of rotatable bonds is 8. The number of alkyl halides is 3. The Hall–Kier alpha value is -5.55. The topological polar surface area (TPSA) is 160 Å². The van der Waals surface area contributed by atoms with Crippen LogP contribution in [-0.2, 0) is 41.5 Å². The lowest BCUT2D eigenvalue weighted by Gasteiger charge is -2.36. The van der Waals surface area contributed by atoms with Gasteiger partial charge in [0.15, 0.2) is 17.3 Å². The van der Waals surface area contributed by atoms with Crippen LogP contribution in [0.4, 0.5) is 24.5 Å². The summed E-state index contributed by atoms with van der Waals surface area (Å²) >= 11 is 6.15. The summed E-state index contributed by atoms with van der Waals surface area (Å²) in [6.07, 6.45) is -1.60. The van der Waals surface area contributed by atoms with Gasteiger partial charge in [-0.3, -0.25) is 14.4 Å². The first kappa shape index (κ1) is 36.8. The van der Waals surface area contributed by atoms with E-state index in [0.717, 1.165) is 40.3 Å². The molecule has 0 unspecified atom stereocenters. The molecule has 18 heteroatoms. The standard InChI is InChI=1S/C36H35ClF3N9O5/c1-4-27-30(46-9-11-47(12-10-46)33(52)29-31(51)19(2)41-18-42-29)34(53)49-35(44-32(45-49)21-6-5-20-14-24(54-3)15-22(20)13-21)48(27)17-28(50)43-26-8-7-23(16-25(26)37)36(38,39)40/h5-8,13,16,18,24,51H,4,9-12,14-15,17H2,1-3H3,(H,43,50)/t24-/m0/s1. The van der Waals surface area contributed by atoms with Crippen LogP contribution in [0.15, 0.2) is 47.5 Å². The maximum absolute atomic E-state index is 14.4. The number of hydrogen-bond donors (Lipinski definition) is 2. The SMILES string of the molecule is CCc1c(N2CCN(C(=O)c3ncnc(C)c3O)CC2)c(=O)n2nc(-c3ccc4c(c3)C[C@@H](OC)C4)nc2n1CC(=O)Nc1ccc(C(F)(F)F)cc1Cl. The maximum atomic E-state index is 14.4. The number of carbonyl (C=O) groups is 2. The Morgan fingerprint density at radius 1 is 1.06 bits per heavy atom. The van der Waals surface area contributed by atoms with Crippen molar-refractivity contribution in [2.24, 2.45) is 0 Å². The van der Waals surface area contributed by atoms with Crippen molar-refractivity contribution in [3.8, 4) is 17.1 Å². The molecule has 0 spiro atoms. The first-order chi connectivity index (χ1) is 25.8. The van der Waals surface area contributed by atoms with Crippen molar-refractivity contribution in [2.45, 2.75) is 51.9 Å². The molecule has 14 nitrogen and oxygen atoms in total. The summed E-state index contributed by atoms with van der Waals surface area (Å²) in [6.45, 7) is 3.83. The van der Waals surface area contributed by atoms with Crippen LogP contribution in [-0.4, -0.2) is 90.3 Å². The van der Waals surface area contributed by atoms with Crippen molar-refractivity contribution >= 4 is 40.6 Å². The Kier molecular flexibility index (Phi) is 9.78. The molecule has 54 heavy (non-hydrogen) atoms. The summed E-state index contributed by atoms with van der Waals surface area (Å²) in [5.74, 6) is -1.07. The van der Waals surface area contributed by atoms with Gasteiger partial charge in [0.05, 0.1) is 33.8 Å². The number of aromatic nitrogens is 6. The Morgan fingerprint density at radius 2 is 1.80 bits per heavy atom. The van der Waals surface area contributed by atoms with E-state index in [0.29, 0.717) is 17.7 Å². The number of nitrogens with one attached hydrogen (secondary N) is 1. The molecule has 282 valence electrons. The number of piperazine rings is 1. The average Bonchev–Trinajstić information content (AvgIpc) is 3.79. The van der Waals surface area contributed by atoms with Crippen LogP contribution in [0.1, 0.15) is 45.5 Å². The van der Waals surface area contributed by atoms with Crippen LogP contribution in [0.2, 0.25) is 5.02 Å². The van der Waals surface area contributed by atoms with Crippen molar-refractivity contribution in [1.29, 1.82) is 0 Å². The molecule has 1 fully saturated rings. The van der Waals surface area contributed by atoms with E-state index in [9.17, 15) is 32.7 Å². The van der Waals surface area contributed by atoms with Crippen molar-refractivity contribution < 1.29 is 32.6 Å². The molecule has 1 aliphatic carbocycles. The van der Waals surface area contributed by atoms with Gasteiger partial charge in [-0.05, 0) is 61.6 Å². The lowest BCUT2D eigenvalue weighted by atomic mass is 10.1. The third kappa shape index (κ3) is 6.84. The molecule has 2 aliphatic rings. The summed E-state index contributed by atoms with van der Waals surface area (Å²) in [4.78, 5) is 57.3. The fraction of sp³-hybridized carbons (Fsp3) is 0.361. The predicted molar refractivity (Wildman–Crippen MR) is 192 cm³/mol. The summed E-state index contributed by atoms with van der Waals surface area (Å²) in [6, 6.07) is 8.45. The smallest absolute Gasteiger partial charge is 0.416 e. The minimum Gasteiger partial charge on any atom is -0.504 e. The third-order valence-electron chi connectivity index (χ3n) is 9.82. The number of anilines is 2. The second-order valence-corrected chi connectivity index (χ2v) is 13.5. The van der Waals surface area contributed by atoms with Gasteiger partial charge in [0, 0.05) is 38.9 Å². The second kappa shape index (κ2) is 14.4. The molecule has 4 heterocycles. The lowest BCUT2D eigenvalue weighted by molar-refractivity contribution is -0.137. The van der Waals surface area contributed by atoms with Gasteiger partial charge in [0.2, 0.25) is 11.7 Å². The zero-order valence-corrected chi connectivity index (χ0v) is 30.2. The number of amides is 2. The Morgan fingerprint density at radius 3 is 2.48 bits per heavy atom. The summed E-state index contributed by atoms with van der Waals surface area (Å²) in [5.41, 5.74) is 2.29. The van der Waals surface area contributed by atoms with Crippen molar-refractivity contribution in [3.63, 3.8) is 0 Å². The fourth-order valence-electron chi connectivity index (χ4n) is 6.97. The summed E-state index contributed by atoms with van der Waals surface area (Å²) in [5, 5.41) is 17.3. The number of hydrogen-bond acceptors (Lipinski definition) is 10. The molecular formula is C36H35ClF3N9O5. The molecule has 1 atom stereocenters. The Bertz CT molecular complexity index is 2360. The monoisotopic (exact) mass is 765 g/mol. The second-order valence-electron chi connectivity index (χ2n) is 13.1. The van der Waals surface area contributed by atoms with Crippen LogP contribution in [0.5, 0.6) is 5.75 Å². The predicted octanol–water partition coefficient (Wildman–Crippen LogP) is 4.31. The van der Waals surface area contributed by atoms with Gasteiger partial charge in [0.25, 0.3) is 11.5 Å². The molecular weight excluding hydrogens is 731 g/mol. The maximum Gasteiger partial charge on any atom is 0.416 e. The molecule has 1 saturated heterocycles. The van der Waals surface area contributed by atoms with Gasteiger partial charge in [-0.1, -0.05) is 30.7 Å². The number of fused-ring (bicyclic) bond motifs is 2. The van der Waals surface area contributed by atoms with Crippen LogP contribution in [0.25, 0.3) is 17.2 Å². The van der Waals surface area contributed by atoms with E-state index in [4.69, 9.17) is 21.3 Å². The van der Waals surface area contributed by atoms with Gasteiger partial charge < -0.3 is 29.5 Å². The zero-order chi connectivity index (χ0) is 38.5. The van der Waals surface area contributed by atoms with E-state index < -0.39 is 29.1 Å². The number of aromatic hydroxyl groups is 1. The highest BCUT2D eigenvalue weighted by Gasteiger charge is 2.33. The summed E-state index contributed by atoms with van der Waals surface area (Å²) in [7, 11) is 1.67. The molecule has 5 aromatic rings. The zero-order valence-electron chi connectivity index (χ0n) is 29.4. The minimum absolute atomic E-state index is 0.0228. The van der Waals surface area contributed by atoms with Crippen molar-refractivity contribution in [3.05, 3.63) is 91.9 Å². The molecule has 1 aliphatic heterocycles. The van der Waals surface area contributed by atoms with Gasteiger partial charge in [0.1, 0.15) is 18.6 Å². The van der Waals surface area contributed by atoms with Crippen LogP contribution in [0.3, 0.4) is 0 Å². The van der Waals surface area contributed by atoms with E-state index in [-0.39, 0.29) is 90.4 Å². The molecule has 0 radical (unpaired) electrons. The molecule has 2 N–H and O–H groups in total. The number of ether oxygens (including phenoxy) is 1. The fourth-order valence-corrected chi connectivity index (χ4v) is 7.20. The summed E-state index contributed by atoms with van der Waals surface area (Å²) < 4.78 is 48.1. The molecule has 2 amide bonds. The molecule has 0 saturated carbocycles. The van der Waals surface area contributed by atoms with Gasteiger partial charge >= 0.3 is 6.18 Å². The molecule has 2 aromatic carbocycles. The minimum atomic E-state index is -4.62. The van der Waals surface area contributed by atoms with E-state index in [1.807, 2.05) is 30.0 Å². The van der Waals surface area contributed by atoms with E-state index >= 15 is 0 Å². The lowest BCUT2D eigenvalue weighted by Crippen LogP contribution is -2.51.